The van der Waals surface area contributed by atoms with Crippen LogP contribution in [0.5, 0.6) is 5.75 Å². The third kappa shape index (κ3) is 5.63. The number of anilines is 1. The van der Waals surface area contributed by atoms with E-state index in [-0.39, 0.29) is 36.8 Å². The molecule has 1 aromatic heterocycles. The van der Waals surface area contributed by atoms with Crippen LogP contribution in [-0.2, 0) is 9.53 Å². The summed E-state index contributed by atoms with van der Waals surface area (Å²) in [5, 5.41) is 16.2. The van der Waals surface area contributed by atoms with Crippen LogP contribution >= 0.6 is 22.9 Å². The maximum absolute atomic E-state index is 12.6. The van der Waals surface area contributed by atoms with Crippen LogP contribution in [0.4, 0.5) is 10.7 Å². The molecule has 0 spiro atoms. The average molecular weight is 475 g/mol. The summed E-state index contributed by atoms with van der Waals surface area (Å²) in [5.41, 5.74) is 0.962. The third-order valence-electron chi connectivity index (χ3n) is 4.31. The zero-order chi connectivity index (χ0) is 23.1. The van der Waals surface area contributed by atoms with Gasteiger partial charge in [-0.3, -0.25) is 14.9 Å². The van der Waals surface area contributed by atoms with Crippen molar-refractivity contribution in [2.45, 2.75) is 13.3 Å². The molecular formula is C22H19ClN2O6S. The van der Waals surface area contributed by atoms with E-state index in [4.69, 9.17) is 21.1 Å². The van der Waals surface area contributed by atoms with Crippen molar-refractivity contribution in [3.05, 3.63) is 74.6 Å². The Morgan fingerprint density at radius 3 is 2.69 bits per heavy atom. The van der Waals surface area contributed by atoms with Crippen molar-refractivity contribution < 1.29 is 24.0 Å². The number of nitrogens with one attached hydrogen (secondary N) is 1. The van der Waals surface area contributed by atoms with Crippen molar-refractivity contribution in [1.82, 2.24) is 0 Å². The van der Waals surface area contributed by atoms with Gasteiger partial charge < -0.3 is 14.8 Å². The number of carbonyl (C=O) groups excluding carboxylic acids is 2. The molecule has 3 aromatic rings. The Morgan fingerprint density at radius 2 is 1.97 bits per heavy atom. The Kier molecular flexibility index (Phi) is 7.80. The summed E-state index contributed by atoms with van der Waals surface area (Å²) in [6, 6.07) is 12.8. The molecular weight excluding hydrogens is 456 g/mol. The zero-order valence-corrected chi connectivity index (χ0v) is 18.6. The second-order valence-electron chi connectivity index (χ2n) is 6.46. The molecule has 166 valence electrons. The number of hydrogen-bond donors (Lipinski definition) is 1. The summed E-state index contributed by atoms with van der Waals surface area (Å²) in [4.78, 5) is 35.7. The van der Waals surface area contributed by atoms with Gasteiger partial charge in [-0.1, -0.05) is 35.9 Å². The standard InChI is InChI=1S/C22H19ClN2O6S/c1-2-30-22(27)20-16(14-6-5-7-15(12-14)25(28)29)13-32-21(20)24-19(26)10-11-31-18-9-4-3-8-17(18)23/h3-9,12-13H,2,10-11H2,1H3,(H,24,26). The molecule has 0 fully saturated rings. The summed E-state index contributed by atoms with van der Waals surface area (Å²) >= 11 is 7.16. The number of nitro benzene ring substituents is 1. The van der Waals surface area contributed by atoms with Crippen molar-refractivity contribution in [3.63, 3.8) is 0 Å². The second-order valence-corrected chi connectivity index (χ2v) is 7.75. The van der Waals surface area contributed by atoms with Gasteiger partial charge in [-0.15, -0.1) is 11.3 Å². The normalized spacial score (nSPS) is 10.4. The number of non-ortho nitro benzene ring substituents is 1. The number of para-hydroxylation sites is 1. The first kappa shape index (κ1) is 23.2. The highest BCUT2D eigenvalue weighted by molar-refractivity contribution is 7.15. The number of halogens is 1. The highest BCUT2D eigenvalue weighted by Gasteiger charge is 2.23. The van der Waals surface area contributed by atoms with Gasteiger partial charge in [0.25, 0.3) is 5.69 Å². The van der Waals surface area contributed by atoms with E-state index in [1.165, 1.54) is 18.2 Å². The molecule has 0 saturated heterocycles. The Bertz CT molecular complexity index is 1150. The van der Waals surface area contributed by atoms with Gasteiger partial charge in [0.15, 0.2) is 0 Å². The molecule has 0 aliphatic heterocycles. The molecule has 32 heavy (non-hydrogen) atoms. The van der Waals surface area contributed by atoms with Crippen LogP contribution in [0.1, 0.15) is 23.7 Å². The van der Waals surface area contributed by atoms with Crippen molar-refractivity contribution in [2.24, 2.45) is 0 Å². The molecule has 0 aliphatic rings. The lowest BCUT2D eigenvalue weighted by molar-refractivity contribution is -0.384. The first-order valence-corrected chi connectivity index (χ1v) is 10.9. The molecule has 10 heteroatoms. The summed E-state index contributed by atoms with van der Waals surface area (Å²) < 4.78 is 10.7. The van der Waals surface area contributed by atoms with E-state index in [2.05, 4.69) is 5.32 Å². The number of thiophene rings is 1. The quantitative estimate of drug-likeness (QED) is 0.247. The Labute approximate surface area is 192 Å². The largest absolute Gasteiger partial charge is 0.491 e. The number of nitrogens with zero attached hydrogens (tertiary/aromatic N) is 1. The summed E-state index contributed by atoms with van der Waals surface area (Å²) in [6.07, 6.45) is 0.0253. The summed E-state index contributed by atoms with van der Waals surface area (Å²) in [7, 11) is 0. The predicted octanol–water partition coefficient (Wildman–Crippen LogP) is 5.56. The molecule has 0 radical (unpaired) electrons. The fraction of sp³-hybridized carbons (Fsp3) is 0.182. The fourth-order valence-corrected chi connectivity index (χ4v) is 4.02. The van der Waals surface area contributed by atoms with Gasteiger partial charge in [-0.2, -0.15) is 0 Å². The van der Waals surface area contributed by atoms with Gasteiger partial charge in [0.05, 0.1) is 29.6 Å². The van der Waals surface area contributed by atoms with Gasteiger partial charge in [-0.25, -0.2) is 4.79 Å². The number of benzene rings is 2. The monoisotopic (exact) mass is 474 g/mol. The Balaban J connectivity index is 1.78. The molecule has 0 unspecified atom stereocenters. The van der Waals surface area contributed by atoms with E-state index < -0.39 is 10.9 Å². The van der Waals surface area contributed by atoms with Gasteiger partial charge in [0.2, 0.25) is 5.91 Å². The highest BCUT2D eigenvalue weighted by Crippen LogP contribution is 2.37. The number of ether oxygens (including phenoxy) is 2. The van der Waals surface area contributed by atoms with Crippen LogP contribution in [0.3, 0.4) is 0 Å². The van der Waals surface area contributed by atoms with Crippen molar-refractivity contribution in [1.29, 1.82) is 0 Å². The molecule has 8 nitrogen and oxygen atoms in total. The molecule has 1 amide bonds. The lowest BCUT2D eigenvalue weighted by atomic mass is 10.0. The average Bonchev–Trinajstić information content (AvgIpc) is 3.19. The molecule has 0 saturated carbocycles. The number of carbonyl (C=O) groups is 2. The van der Waals surface area contributed by atoms with Crippen LogP contribution in [0.15, 0.2) is 53.9 Å². The topological polar surface area (TPSA) is 108 Å². The predicted molar refractivity (Wildman–Crippen MR) is 123 cm³/mol. The lowest BCUT2D eigenvalue weighted by Gasteiger charge is -2.10. The van der Waals surface area contributed by atoms with Gasteiger partial charge in [0.1, 0.15) is 16.3 Å². The molecule has 0 aliphatic carbocycles. The van der Waals surface area contributed by atoms with Crippen LogP contribution in [0.25, 0.3) is 11.1 Å². The molecule has 2 aromatic carbocycles. The Hall–Kier alpha value is -3.43. The number of rotatable bonds is 9. The van der Waals surface area contributed by atoms with Crippen molar-refractivity contribution in [2.75, 3.05) is 18.5 Å². The lowest BCUT2D eigenvalue weighted by Crippen LogP contribution is -2.17. The number of esters is 1. The van der Waals surface area contributed by atoms with Gasteiger partial charge >= 0.3 is 5.97 Å². The minimum absolute atomic E-state index is 0.0253. The summed E-state index contributed by atoms with van der Waals surface area (Å²) in [6.45, 7) is 1.90. The van der Waals surface area contributed by atoms with Crippen LogP contribution in [0.2, 0.25) is 5.02 Å². The minimum atomic E-state index is -0.627. The van der Waals surface area contributed by atoms with Gasteiger partial charge in [-0.05, 0) is 24.6 Å². The fourth-order valence-electron chi connectivity index (χ4n) is 2.86. The first-order valence-electron chi connectivity index (χ1n) is 9.61. The van der Waals surface area contributed by atoms with E-state index in [0.717, 1.165) is 11.3 Å². The second kappa shape index (κ2) is 10.7. The molecule has 3 rings (SSSR count). The molecule has 1 heterocycles. The smallest absolute Gasteiger partial charge is 0.341 e. The van der Waals surface area contributed by atoms with Crippen molar-refractivity contribution in [3.8, 4) is 16.9 Å². The molecule has 0 bridgehead atoms. The highest BCUT2D eigenvalue weighted by atomic mass is 35.5. The van der Waals surface area contributed by atoms with E-state index in [9.17, 15) is 19.7 Å². The SMILES string of the molecule is CCOC(=O)c1c(-c2cccc([N+](=O)[O-])c2)csc1NC(=O)CCOc1ccccc1Cl. The Morgan fingerprint density at radius 1 is 1.19 bits per heavy atom. The van der Waals surface area contributed by atoms with Crippen LogP contribution < -0.4 is 10.1 Å². The van der Waals surface area contributed by atoms with E-state index in [1.54, 1.807) is 42.6 Å². The van der Waals surface area contributed by atoms with Crippen LogP contribution in [-0.4, -0.2) is 30.0 Å². The summed E-state index contributed by atoms with van der Waals surface area (Å²) in [5.74, 6) is -0.522. The number of nitro groups is 1. The number of amides is 1. The van der Waals surface area contributed by atoms with Crippen LogP contribution in [0, 0.1) is 10.1 Å². The maximum atomic E-state index is 12.6. The first-order chi connectivity index (χ1) is 15.4. The number of hydrogen-bond acceptors (Lipinski definition) is 7. The maximum Gasteiger partial charge on any atom is 0.341 e. The third-order valence-corrected chi connectivity index (χ3v) is 5.52. The van der Waals surface area contributed by atoms with E-state index >= 15 is 0 Å². The molecule has 0 atom stereocenters. The van der Waals surface area contributed by atoms with E-state index in [0.29, 0.717) is 26.9 Å². The molecule has 1 N–H and O–H groups in total. The van der Waals surface area contributed by atoms with E-state index in [1.807, 2.05) is 0 Å². The van der Waals surface area contributed by atoms with Gasteiger partial charge in [0, 0.05) is 23.1 Å². The minimum Gasteiger partial charge on any atom is -0.491 e. The zero-order valence-electron chi connectivity index (χ0n) is 17.0. The van der Waals surface area contributed by atoms with Crippen molar-refractivity contribution >= 4 is 45.5 Å².